The fourth-order valence-electron chi connectivity index (χ4n) is 6.76. The van der Waals surface area contributed by atoms with Gasteiger partial charge in [0.05, 0.1) is 0 Å². The van der Waals surface area contributed by atoms with Crippen LogP contribution < -0.4 is 14.7 Å². The van der Waals surface area contributed by atoms with E-state index in [1.54, 1.807) is 0 Å². The van der Waals surface area contributed by atoms with Crippen molar-refractivity contribution in [3.05, 3.63) is 137 Å². The maximum Gasteiger partial charge on any atom is 0.0454 e. The predicted molar refractivity (Wildman–Crippen MR) is 201 cm³/mol. The number of nitrogens with zero attached hydrogens (tertiary/aromatic N) is 3. The molecule has 3 nitrogen and oxygen atoms in total. The molecule has 0 heterocycles. The van der Waals surface area contributed by atoms with Gasteiger partial charge in [0.15, 0.2) is 0 Å². The highest BCUT2D eigenvalue weighted by atomic mass is 15.1. The molecule has 3 heteroatoms. The Balaban J connectivity index is 1.50. The van der Waals surface area contributed by atoms with Crippen molar-refractivity contribution in [3.8, 4) is 22.3 Å². The van der Waals surface area contributed by atoms with Crippen LogP contribution in [0.5, 0.6) is 0 Å². The maximum atomic E-state index is 2.51. The lowest BCUT2D eigenvalue weighted by Gasteiger charge is -2.29. The Morgan fingerprint density at radius 2 is 0.891 bits per heavy atom. The molecule has 0 fully saturated rings. The fourth-order valence-corrected chi connectivity index (χ4v) is 6.76. The first-order chi connectivity index (χ1) is 22.4. The van der Waals surface area contributed by atoms with Crippen molar-refractivity contribution in [2.24, 2.45) is 0 Å². The van der Waals surface area contributed by atoms with E-state index in [-0.39, 0.29) is 0 Å². The fraction of sp³-hybridized carbons (Fsp3) is 0.302. The highest BCUT2D eigenvalue weighted by Gasteiger charge is 2.19. The van der Waals surface area contributed by atoms with Gasteiger partial charge in [0.2, 0.25) is 0 Å². The van der Waals surface area contributed by atoms with Crippen LogP contribution in [0.4, 0.5) is 17.1 Å². The molecule has 46 heavy (non-hydrogen) atoms. The molecule has 0 aromatic heterocycles. The zero-order chi connectivity index (χ0) is 32.6. The monoisotopic (exact) mass is 609 g/mol. The first-order valence-electron chi connectivity index (χ1n) is 17.1. The second-order valence-corrected chi connectivity index (χ2v) is 12.4. The Morgan fingerprint density at radius 1 is 0.435 bits per heavy atom. The van der Waals surface area contributed by atoms with Gasteiger partial charge in [-0.2, -0.15) is 0 Å². The van der Waals surface area contributed by atoms with Gasteiger partial charge in [-0.05, 0) is 123 Å². The van der Waals surface area contributed by atoms with Gasteiger partial charge >= 0.3 is 0 Å². The van der Waals surface area contributed by atoms with E-state index >= 15 is 0 Å². The topological polar surface area (TPSA) is 9.72 Å². The van der Waals surface area contributed by atoms with Crippen LogP contribution in [0.15, 0.2) is 109 Å². The predicted octanol–water partition coefficient (Wildman–Crippen LogP) is 10.8. The molecule has 0 aliphatic carbocycles. The molecule has 0 amide bonds. The molecule has 0 saturated carbocycles. The van der Waals surface area contributed by atoms with Crippen molar-refractivity contribution in [1.82, 2.24) is 0 Å². The largest absolute Gasteiger partial charge is 0.372 e. The molecule has 0 spiro atoms. The van der Waals surface area contributed by atoms with E-state index < -0.39 is 0 Å². The van der Waals surface area contributed by atoms with E-state index in [4.69, 9.17) is 0 Å². The molecule has 0 unspecified atom stereocenters. The lowest BCUT2D eigenvalue weighted by atomic mass is 9.89. The van der Waals surface area contributed by atoms with Gasteiger partial charge in [-0.1, -0.05) is 78.9 Å². The number of anilines is 3. The average molecular weight is 610 g/mol. The van der Waals surface area contributed by atoms with Gasteiger partial charge in [0.1, 0.15) is 0 Å². The summed E-state index contributed by atoms with van der Waals surface area (Å²) in [4.78, 5) is 7.42. The Bertz CT molecular complexity index is 1720. The highest BCUT2D eigenvalue weighted by Crippen LogP contribution is 2.41. The van der Waals surface area contributed by atoms with Crippen LogP contribution in [0.1, 0.15) is 55.5 Å². The minimum atomic E-state index is 0.912. The first-order valence-corrected chi connectivity index (χ1v) is 17.1. The Labute approximate surface area is 278 Å². The zero-order valence-corrected chi connectivity index (χ0v) is 29.0. The summed E-state index contributed by atoms with van der Waals surface area (Å²) < 4.78 is 0. The Kier molecular flexibility index (Phi) is 10.9. The molecule has 238 valence electrons. The summed E-state index contributed by atoms with van der Waals surface area (Å²) >= 11 is 0. The summed E-state index contributed by atoms with van der Waals surface area (Å²) in [6.07, 6.45) is 0. The standard InChI is InChI=1S/C43H51N3/c1-8-44(9-2)42-29-37(40-24-22-38(27-32(40)5)45(10-3)30-35-18-14-12-15-19-35)26-34(7)43(42)41-25-23-39(28-33(41)6)46(11-4)31-36-20-16-13-17-21-36/h12-29H,8-11,30-31H2,1-7H3. The summed E-state index contributed by atoms with van der Waals surface area (Å²) in [5.74, 6) is 0. The number of aryl methyl sites for hydroxylation is 3. The molecule has 0 aliphatic heterocycles. The van der Waals surface area contributed by atoms with Crippen molar-refractivity contribution in [3.63, 3.8) is 0 Å². The molecule has 0 aliphatic rings. The molecule has 5 aromatic rings. The van der Waals surface area contributed by atoms with Crippen molar-refractivity contribution in [1.29, 1.82) is 0 Å². The van der Waals surface area contributed by atoms with Crippen molar-refractivity contribution in [2.75, 3.05) is 40.9 Å². The number of rotatable bonds is 13. The van der Waals surface area contributed by atoms with Crippen molar-refractivity contribution < 1.29 is 0 Å². The Morgan fingerprint density at radius 3 is 1.33 bits per heavy atom. The van der Waals surface area contributed by atoms with E-state index in [0.717, 1.165) is 39.3 Å². The van der Waals surface area contributed by atoms with E-state index in [1.807, 2.05) is 0 Å². The smallest absolute Gasteiger partial charge is 0.0454 e. The molecule has 0 bridgehead atoms. The van der Waals surface area contributed by atoms with Gasteiger partial charge in [-0.15, -0.1) is 0 Å². The van der Waals surface area contributed by atoms with Gasteiger partial charge in [0, 0.05) is 61.9 Å². The molecule has 5 rings (SSSR count). The molecule has 0 atom stereocenters. The normalized spacial score (nSPS) is 11.0. The third-order valence-corrected chi connectivity index (χ3v) is 9.35. The van der Waals surface area contributed by atoms with E-state index in [0.29, 0.717) is 0 Å². The van der Waals surface area contributed by atoms with Crippen LogP contribution in [-0.4, -0.2) is 26.2 Å². The molecule has 0 N–H and O–H groups in total. The SMILES string of the molecule is CCN(Cc1ccccc1)c1ccc(-c2cc(C)c(-c3ccc(N(CC)Cc4ccccc4)cc3C)c(N(CC)CC)c2)c(C)c1. The van der Waals surface area contributed by atoms with Gasteiger partial charge < -0.3 is 14.7 Å². The number of benzene rings is 5. The number of hydrogen-bond acceptors (Lipinski definition) is 3. The van der Waals surface area contributed by atoms with E-state index in [9.17, 15) is 0 Å². The maximum absolute atomic E-state index is 2.51. The summed E-state index contributed by atoms with van der Waals surface area (Å²) in [6, 6.07) is 40.4. The number of hydrogen-bond donors (Lipinski definition) is 0. The second kappa shape index (κ2) is 15.2. The molecule has 0 radical (unpaired) electrons. The second-order valence-electron chi connectivity index (χ2n) is 12.4. The van der Waals surface area contributed by atoms with Crippen LogP contribution in [0.25, 0.3) is 22.3 Å². The molecule has 5 aromatic carbocycles. The van der Waals surface area contributed by atoms with Crippen LogP contribution in [0.2, 0.25) is 0 Å². The van der Waals surface area contributed by atoms with Gasteiger partial charge in [-0.25, -0.2) is 0 Å². The van der Waals surface area contributed by atoms with Crippen LogP contribution >= 0.6 is 0 Å². The van der Waals surface area contributed by atoms with E-state index in [1.165, 1.54) is 67.1 Å². The van der Waals surface area contributed by atoms with Crippen LogP contribution in [-0.2, 0) is 13.1 Å². The van der Waals surface area contributed by atoms with Gasteiger partial charge in [0.25, 0.3) is 0 Å². The average Bonchev–Trinajstić information content (AvgIpc) is 3.07. The summed E-state index contributed by atoms with van der Waals surface area (Å²) in [6.45, 7) is 21.5. The first kappa shape index (κ1) is 32.9. The summed E-state index contributed by atoms with van der Waals surface area (Å²) in [7, 11) is 0. The van der Waals surface area contributed by atoms with Gasteiger partial charge in [-0.3, -0.25) is 0 Å². The molecule has 0 saturated heterocycles. The summed E-state index contributed by atoms with van der Waals surface area (Å²) in [5, 5.41) is 0. The molecular formula is C43H51N3. The van der Waals surface area contributed by atoms with Crippen LogP contribution in [0, 0.1) is 20.8 Å². The van der Waals surface area contributed by atoms with E-state index in [2.05, 4.69) is 172 Å². The van der Waals surface area contributed by atoms with Crippen molar-refractivity contribution >= 4 is 17.1 Å². The molecular weight excluding hydrogens is 558 g/mol. The lowest BCUT2D eigenvalue weighted by Crippen LogP contribution is -2.23. The minimum absolute atomic E-state index is 0.912. The summed E-state index contributed by atoms with van der Waals surface area (Å²) in [5.41, 5.74) is 15.7. The third kappa shape index (κ3) is 7.31. The van der Waals surface area contributed by atoms with Crippen LogP contribution in [0.3, 0.4) is 0 Å². The zero-order valence-electron chi connectivity index (χ0n) is 29.0. The highest BCUT2D eigenvalue weighted by molar-refractivity contribution is 5.88. The lowest BCUT2D eigenvalue weighted by molar-refractivity contribution is 0.831. The van der Waals surface area contributed by atoms with Crippen molar-refractivity contribution in [2.45, 2.75) is 61.6 Å². The quantitative estimate of drug-likeness (QED) is 0.131. The minimum Gasteiger partial charge on any atom is -0.372 e. The third-order valence-electron chi connectivity index (χ3n) is 9.35. The Hall–Kier alpha value is -4.50.